The monoisotopic (exact) mass is 349 g/mol. The smallest absolute Gasteiger partial charge is 0.338 e. The van der Waals surface area contributed by atoms with Gasteiger partial charge >= 0.3 is 5.97 Å². The van der Waals surface area contributed by atoms with Crippen LogP contribution in [-0.2, 0) is 9.53 Å². The van der Waals surface area contributed by atoms with Gasteiger partial charge in [0.15, 0.2) is 6.61 Å². The Kier molecular flexibility index (Phi) is 5.93. The summed E-state index contributed by atoms with van der Waals surface area (Å²) in [6, 6.07) is 10.9. The summed E-state index contributed by atoms with van der Waals surface area (Å²) in [6.07, 6.45) is 0. The number of halogens is 2. The minimum atomic E-state index is -0.748. The minimum Gasteiger partial charge on any atom is -0.452 e. The summed E-state index contributed by atoms with van der Waals surface area (Å²) < 4.78 is 17.9. The Labute approximate surface area is 144 Å². The number of nitrogens with one attached hydrogen (secondary N) is 1. The molecule has 0 atom stereocenters. The van der Waals surface area contributed by atoms with Gasteiger partial charge in [-0.05, 0) is 41.8 Å². The summed E-state index contributed by atoms with van der Waals surface area (Å²) >= 11 is 5.60. The molecular formula is C18H17ClFNO3. The molecule has 0 unspecified atom stereocenters. The molecule has 0 spiro atoms. The van der Waals surface area contributed by atoms with Gasteiger partial charge in [0.1, 0.15) is 5.82 Å². The number of rotatable bonds is 5. The second kappa shape index (κ2) is 7.93. The summed E-state index contributed by atoms with van der Waals surface area (Å²) in [4.78, 5) is 23.6. The quantitative estimate of drug-likeness (QED) is 0.814. The number of esters is 1. The molecule has 0 bridgehead atoms. The van der Waals surface area contributed by atoms with Crippen LogP contribution in [0.25, 0.3) is 0 Å². The van der Waals surface area contributed by atoms with E-state index in [2.05, 4.69) is 19.2 Å². The summed E-state index contributed by atoms with van der Waals surface area (Å²) in [5.41, 5.74) is 1.85. The fourth-order valence-corrected chi connectivity index (χ4v) is 2.17. The molecular weight excluding hydrogens is 333 g/mol. The van der Waals surface area contributed by atoms with E-state index < -0.39 is 24.3 Å². The van der Waals surface area contributed by atoms with Crippen molar-refractivity contribution in [3.63, 3.8) is 0 Å². The first kappa shape index (κ1) is 17.9. The van der Waals surface area contributed by atoms with Crippen LogP contribution >= 0.6 is 11.6 Å². The zero-order valence-electron chi connectivity index (χ0n) is 13.3. The second-order valence-corrected chi connectivity index (χ2v) is 5.94. The third kappa shape index (κ3) is 4.80. The largest absolute Gasteiger partial charge is 0.452 e. The average molecular weight is 350 g/mol. The molecule has 126 valence electrons. The number of amides is 1. The molecule has 6 heteroatoms. The highest BCUT2D eigenvalue weighted by atomic mass is 35.5. The maximum absolute atomic E-state index is 13.0. The summed E-state index contributed by atoms with van der Waals surface area (Å²) in [6.45, 7) is 3.71. The highest BCUT2D eigenvalue weighted by Crippen LogP contribution is 2.18. The van der Waals surface area contributed by atoms with Crippen molar-refractivity contribution in [2.45, 2.75) is 19.8 Å². The number of benzene rings is 2. The van der Waals surface area contributed by atoms with Crippen LogP contribution in [0.2, 0.25) is 5.02 Å². The molecule has 0 saturated carbocycles. The summed E-state index contributed by atoms with van der Waals surface area (Å²) in [5, 5.41) is 2.45. The zero-order valence-corrected chi connectivity index (χ0v) is 14.1. The molecule has 0 aliphatic heterocycles. The lowest BCUT2D eigenvalue weighted by molar-refractivity contribution is -0.119. The van der Waals surface area contributed by atoms with Crippen LogP contribution in [0.15, 0.2) is 42.5 Å². The molecule has 2 aromatic carbocycles. The van der Waals surface area contributed by atoms with Gasteiger partial charge in [-0.2, -0.15) is 0 Å². The van der Waals surface area contributed by atoms with Gasteiger partial charge in [0.05, 0.1) is 10.6 Å². The molecule has 1 amide bonds. The van der Waals surface area contributed by atoms with Crippen molar-refractivity contribution >= 4 is 29.2 Å². The molecule has 1 N–H and O–H groups in total. The standard InChI is InChI=1S/C18H17ClFNO3/c1-11(2)12-3-6-14(7-4-12)21-17(22)10-24-18(23)13-5-8-16(20)15(19)9-13/h3-9,11H,10H2,1-2H3,(H,21,22). The molecule has 2 aromatic rings. The molecule has 0 aliphatic rings. The number of hydrogen-bond donors (Lipinski definition) is 1. The highest BCUT2D eigenvalue weighted by Gasteiger charge is 2.12. The van der Waals surface area contributed by atoms with Crippen LogP contribution in [0.3, 0.4) is 0 Å². The van der Waals surface area contributed by atoms with Gasteiger partial charge < -0.3 is 10.1 Å². The van der Waals surface area contributed by atoms with Gasteiger partial charge in [-0.25, -0.2) is 9.18 Å². The van der Waals surface area contributed by atoms with E-state index in [1.54, 1.807) is 12.1 Å². The average Bonchev–Trinajstić information content (AvgIpc) is 2.55. The van der Waals surface area contributed by atoms with Crippen LogP contribution in [0, 0.1) is 5.82 Å². The lowest BCUT2D eigenvalue weighted by Gasteiger charge is -2.09. The molecule has 4 nitrogen and oxygen atoms in total. The Hall–Kier alpha value is -2.40. The van der Waals surface area contributed by atoms with E-state index >= 15 is 0 Å². The van der Waals surface area contributed by atoms with Gasteiger partial charge in [-0.3, -0.25) is 4.79 Å². The maximum Gasteiger partial charge on any atom is 0.338 e. The molecule has 0 heterocycles. The van der Waals surface area contributed by atoms with E-state index in [0.717, 1.165) is 17.7 Å². The predicted octanol–water partition coefficient (Wildman–Crippen LogP) is 4.40. The van der Waals surface area contributed by atoms with E-state index in [-0.39, 0.29) is 10.6 Å². The molecule has 0 aliphatic carbocycles. The van der Waals surface area contributed by atoms with E-state index in [9.17, 15) is 14.0 Å². The van der Waals surface area contributed by atoms with Crippen LogP contribution in [0.1, 0.15) is 35.7 Å². The first-order valence-corrected chi connectivity index (χ1v) is 7.76. The molecule has 0 fully saturated rings. The fourth-order valence-electron chi connectivity index (χ4n) is 1.99. The number of carbonyl (C=O) groups excluding carboxylic acids is 2. The first-order valence-electron chi connectivity index (χ1n) is 7.39. The Morgan fingerprint density at radius 2 is 1.83 bits per heavy atom. The normalized spacial score (nSPS) is 10.5. The van der Waals surface area contributed by atoms with Crippen molar-refractivity contribution in [2.75, 3.05) is 11.9 Å². The van der Waals surface area contributed by atoms with Crippen LogP contribution in [0.4, 0.5) is 10.1 Å². The topological polar surface area (TPSA) is 55.4 Å². The summed E-state index contributed by atoms with van der Waals surface area (Å²) in [7, 11) is 0. The van der Waals surface area contributed by atoms with Crippen molar-refractivity contribution < 1.29 is 18.7 Å². The Balaban J connectivity index is 1.88. The van der Waals surface area contributed by atoms with Crippen LogP contribution in [0.5, 0.6) is 0 Å². The van der Waals surface area contributed by atoms with E-state index in [1.165, 1.54) is 6.07 Å². The van der Waals surface area contributed by atoms with E-state index in [1.807, 2.05) is 12.1 Å². The van der Waals surface area contributed by atoms with Gasteiger partial charge in [-0.15, -0.1) is 0 Å². The van der Waals surface area contributed by atoms with Gasteiger partial charge in [0, 0.05) is 5.69 Å². The third-order valence-corrected chi connectivity index (χ3v) is 3.64. The van der Waals surface area contributed by atoms with Crippen molar-refractivity contribution in [1.82, 2.24) is 0 Å². The fraction of sp³-hybridized carbons (Fsp3) is 0.222. The molecule has 0 saturated heterocycles. The van der Waals surface area contributed by atoms with E-state index in [0.29, 0.717) is 11.6 Å². The van der Waals surface area contributed by atoms with Gasteiger partial charge in [-0.1, -0.05) is 37.6 Å². The summed E-state index contributed by atoms with van der Waals surface area (Å²) in [5.74, 6) is -1.44. The number of carbonyl (C=O) groups is 2. The van der Waals surface area contributed by atoms with Crippen molar-refractivity contribution in [3.05, 3.63) is 64.4 Å². The molecule has 0 aromatic heterocycles. The van der Waals surface area contributed by atoms with Crippen molar-refractivity contribution in [2.24, 2.45) is 0 Å². The zero-order chi connectivity index (χ0) is 17.7. The second-order valence-electron chi connectivity index (χ2n) is 5.53. The van der Waals surface area contributed by atoms with E-state index in [4.69, 9.17) is 16.3 Å². The SMILES string of the molecule is CC(C)c1ccc(NC(=O)COC(=O)c2ccc(F)c(Cl)c2)cc1. The van der Waals surface area contributed by atoms with Crippen LogP contribution in [-0.4, -0.2) is 18.5 Å². The van der Waals surface area contributed by atoms with Gasteiger partial charge in [0.25, 0.3) is 5.91 Å². The van der Waals surface area contributed by atoms with Gasteiger partial charge in [0.2, 0.25) is 0 Å². The maximum atomic E-state index is 13.0. The van der Waals surface area contributed by atoms with Crippen molar-refractivity contribution in [3.8, 4) is 0 Å². The Morgan fingerprint density at radius 1 is 1.17 bits per heavy atom. The number of ether oxygens (including phenoxy) is 1. The lowest BCUT2D eigenvalue weighted by Crippen LogP contribution is -2.21. The number of hydrogen-bond acceptors (Lipinski definition) is 3. The molecule has 2 rings (SSSR count). The number of anilines is 1. The van der Waals surface area contributed by atoms with Crippen LogP contribution < -0.4 is 5.32 Å². The Bertz CT molecular complexity index is 744. The predicted molar refractivity (Wildman–Crippen MR) is 90.9 cm³/mol. The Morgan fingerprint density at radius 3 is 2.42 bits per heavy atom. The first-order chi connectivity index (χ1) is 11.4. The minimum absolute atomic E-state index is 0.0792. The lowest BCUT2D eigenvalue weighted by atomic mass is 10.0. The molecule has 0 radical (unpaired) electrons. The molecule has 24 heavy (non-hydrogen) atoms. The third-order valence-electron chi connectivity index (χ3n) is 3.35. The van der Waals surface area contributed by atoms with Crippen molar-refractivity contribution in [1.29, 1.82) is 0 Å². The highest BCUT2D eigenvalue weighted by molar-refractivity contribution is 6.31.